The lowest BCUT2D eigenvalue weighted by molar-refractivity contribution is 0.340. The Bertz CT molecular complexity index is 467. The highest BCUT2D eigenvalue weighted by Crippen LogP contribution is 2.27. The first-order chi connectivity index (χ1) is 21.3. The summed E-state index contributed by atoms with van der Waals surface area (Å²) in [5, 5.41) is 0. The van der Waals surface area contributed by atoms with Crippen molar-refractivity contribution >= 4 is 0 Å². The Labute approximate surface area is 276 Å². The van der Waals surface area contributed by atoms with Crippen LogP contribution in [-0.2, 0) is 0 Å². The zero-order chi connectivity index (χ0) is 31.3. The minimum Gasteiger partial charge on any atom is -0.0654 e. The summed E-state index contributed by atoms with van der Waals surface area (Å²) < 4.78 is 0. The molecule has 0 heterocycles. The van der Waals surface area contributed by atoms with Gasteiger partial charge in [-0.25, -0.2) is 0 Å². The Morgan fingerprint density at radius 2 is 0.349 bits per heavy atom. The molecule has 0 spiro atoms. The highest BCUT2D eigenvalue weighted by Gasteiger charge is 2.11. The topological polar surface area (TPSA) is 0 Å². The molecule has 0 heteroatoms. The molecule has 0 amide bonds. The summed E-state index contributed by atoms with van der Waals surface area (Å²) in [7, 11) is 0. The van der Waals surface area contributed by atoms with Crippen molar-refractivity contribution in [1.29, 1.82) is 0 Å². The quantitative estimate of drug-likeness (QED) is 0.0615. The van der Waals surface area contributed by atoms with Gasteiger partial charge in [0.15, 0.2) is 0 Å². The van der Waals surface area contributed by atoms with Crippen LogP contribution in [0.4, 0.5) is 0 Å². The molecule has 260 valence electrons. The predicted octanol–water partition coefficient (Wildman–Crippen LogP) is 16.7. The lowest BCUT2D eigenvalue weighted by atomic mass is 9.87. The van der Waals surface area contributed by atoms with Gasteiger partial charge in [-0.15, -0.1) is 0 Å². The van der Waals surface area contributed by atoms with E-state index in [-0.39, 0.29) is 0 Å². The van der Waals surface area contributed by atoms with Gasteiger partial charge in [-0.3, -0.25) is 0 Å². The first-order valence-electron chi connectivity index (χ1n) is 21.3. The first kappa shape index (κ1) is 43.0. The second-order valence-electron chi connectivity index (χ2n) is 15.0. The van der Waals surface area contributed by atoms with Crippen LogP contribution in [0, 0.1) is 11.8 Å². The Kier molecular flexibility index (Phi) is 38.2. The Morgan fingerprint density at radius 3 is 0.628 bits per heavy atom. The Hall–Kier alpha value is 0. The van der Waals surface area contributed by atoms with Crippen LogP contribution in [0.25, 0.3) is 0 Å². The summed E-state index contributed by atoms with van der Waals surface area (Å²) in [6, 6.07) is 0. The third kappa shape index (κ3) is 34.7. The fraction of sp³-hybridized carbons (Fsp3) is 1.00. The molecule has 0 aromatic carbocycles. The largest absolute Gasteiger partial charge is 0.0654 e. The van der Waals surface area contributed by atoms with E-state index in [1.54, 1.807) is 0 Å². The van der Waals surface area contributed by atoms with Crippen LogP contribution in [0.2, 0.25) is 0 Å². The van der Waals surface area contributed by atoms with Crippen molar-refractivity contribution in [2.45, 2.75) is 265 Å². The van der Waals surface area contributed by atoms with E-state index < -0.39 is 0 Å². The molecule has 0 fully saturated rings. The van der Waals surface area contributed by atoms with Gasteiger partial charge in [-0.05, 0) is 11.8 Å². The monoisotopic (exact) mass is 605 g/mol. The summed E-state index contributed by atoms with van der Waals surface area (Å²) in [5.74, 6) is 2.05. The van der Waals surface area contributed by atoms with Crippen molar-refractivity contribution in [3.8, 4) is 0 Å². The maximum atomic E-state index is 2.38. The molecule has 0 aromatic heterocycles. The molecule has 0 saturated heterocycles. The molecule has 2 atom stereocenters. The lowest BCUT2D eigenvalue weighted by Crippen LogP contribution is -2.04. The van der Waals surface area contributed by atoms with Crippen molar-refractivity contribution in [1.82, 2.24) is 0 Å². The summed E-state index contributed by atoms with van der Waals surface area (Å²) in [6.07, 6.45) is 54.7. The van der Waals surface area contributed by atoms with Crippen LogP contribution in [0.5, 0.6) is 0 Å². The summed E-state index contributed by atoms with van der Waals surface area (Å²) in [4.78, 5) is 0. The van der Waals surface area contributed by atoms with Gasteiger partial charge in [-0.2, -0.15) is 0 Å². The minimum atomic E-state index is 1.03. The molecule has 0 saturated carbocycles. The van der Waals surface area contributed by atoms with E-state index in [0.29, 0.717) is 0 Å². The fourth-order valence-electron chi connectivity index (χ4n) is 7.46. The van der Waals surface area contributed by atoms with E-state index in [1.165, 1.54) is 238 Å². The molecule has 0 rings (SSSR count). The second kappa shape index (κ2) is 38.2. The van der Waals surface area contributed by atoms with Gasteiger partial charge >= 0.3 is 0 Å². The van der Waals surface area contributed by atoms with Gasteiger partial charge in [0.05, 0.1) is 0 Å². The van der Waals surface area contributed by atoms with Crippen LogP contribution in [0.15, 0.2) is 0 Å². The molecule has 0 bridgehead atoms. The molecule has 0 aliphatic heterocycles. The maximum Gasteiger partial charge on any atom is -0.0414 e. The minimum absolute atomic E-state index is 1.03. The molecule has 0 aliphatic rings. The average Bonchev–Trinajstić information content (AvgIpc) is 3.02. The van der Waals surface area contributed by atoms with Gasteiger partial charge in [0, 0.05) is 0 Å². The van der Waals surface area contributed by atoms with Crippen LogP contribution in [-0.4, -0.2) is 0 Å². The number of hydrogen-bond donors (Lipinski definition) is 0. The third-order valence-corrected chi connectivity index (χ3v) is 10.6. The molecule has 0 aromatic rings. The number of unbranched alkanes of at least 4 members (excludes halogenated alkanes) is 26. The SMILES string of the molecule is CCCCCCCCCCCCCCCCCC(CCCCC)CCCCC(CCCC)CCCCCCCCCCC. The van der Waals surface area contributed by atoms with Crippen LogP contribution < -0.4 is 0 Å². The van der Waals surface area contributed by atoms with E-state index in [4.69, 9.17) is 0 Å². The summed E-state index contributed by atoms with van der Waals surface area (Å²) >= 11 is 0. The van der Waals surface area contributed by atoms with E-state index in [0.717, 1.165) is 11.8 Å². The zero-order valence-corrected chi connectivity index (χ0v) is 31.3. The zero-order valence-electron chi connectivity index (χ0n) is 31.3. The third-order valence-electron chi connectivity index (χ3n) is 10.6. The fourth-order valence-corrected chi connectivity index (χ4v) is 7.46. The Balaban J connectivity index is 3.94. The van der Waals surface area contributed by atoms with Gasteiger partial charge in [0.25, 0.3) is 0 Å². The standard InChI is InChI=1S/C43H88/c1-5-9-13-15-17-19-20-21-22-23-24-26-28-30-33-39-43(37-31-11-7-3)41-35-34-40-42(36-12-8-4)38-32-29-27-25-18-16-14-10-6-2/h42-43H,5-41H2,1-4H3. The number of hydrogen-bond acceptors (Lipinski definition) is 0. The maximum absolute atomic E-state index is 2.38. The van der Waals surface area contributed by atoms with Gasteiger partial charge in [0.2, 0.25) is 0 Å². The molecular formula is C43H88. The van der Waals surface area contributed by atoms with Crippen molar-refractivity contribution in [3.63, 3.8) is 0 Å². The van der Waals surface area contributed by atoms with Crippen LogP contribution >= 0.6 is 0 Å². The van der Waals surface area contributed by atoms with E-state index >= 15 is 0 Å². The molecule has 43 heavy (non-hydrogen) atoms. The molecule has 0 nitrogen and oxygen atoms in total. The van der Waals surface area contributed by atoms with E-state index in [1.807, 2.05) is 0 Å². The van der Waals surface area contributed by atoms with Crippen LogP contribution in [0.3, 0.4) is 0 Å². The molecular weight excluding hydrogens is 516 g/mol. The second-order valence-corrected chi connectivity index (χ2v) is 15.0. The molecule has 0 aliphatic carbocycles. The highest BCUT2D eigenvalue weighted by molar-refractivity contribution is 4.65. The van der Waals surface area contributed by atoms with Crippen LogP contribution in [0.1, 0.15) is 265 Å². The smallest absolute Gasteiger partial charge is 0.0414 e. The van der Waals surface area contributed by atoms with Gasteiger partial charge in [-0.1, -0.05) is 265 Å². The average molecular weight is 605 g/mol. The van der Waals surface area contributed by atoms with Gasteiger partial charge in [0.1, 0.15) is 0 Å². The first-order valence-corrected chi connectivity index (χ1v) is 21.3. The number of rotatable bonds is 38. The van der Waals surface area contributed by atoms with Gasteiger partial charge < -0.3 is 0 Å². The summed E-state index contributed by atoms with van der Waals surface area (Å²) in [5.41, 5.74) is 0. The lowest BCUT2D eigenvalue weighted by Gasteiger charge is -2.19. The molecule has 0 N–H and O–H groups in total. The van der Waals surface area contributed by atoms with Crippen molar-refractivity contribution in [3.05, 3.63) is 0 Å². The molecule has 0 radical (unpaired) electrons. The van der Waals surface area contributed by atoms with E-state index in [9.17, 15) is 0 Å². The normalized spacial score (nSPS) is 13.1. The van der Waals surface area contributed by atoms with Crippen molar-refractivity contribution in [2.24, 2.45) is 11.8 Å². The Morgan fingerprint density at radius 1 is 0.186 bits per heavy atom. The van der Waals surface area contributed by atoms with E-state index in [2.05, 4.69) is 27.7 Å². The highest BCUT2D eigenvalue weighted by atomic mass is 14.2. The van der Waals surface area contributed by atoms with Crippen molar-refractivity contribution in [2.75, 3.05) is 0 Å². The molecule has 2 unspecified atom stereocenters. The van der Waals surface area contributed by atoms with Crippen molar-refractivity contribution < 1.29 is 0 Å². The summed E-state index contributed by atoms with van der Waals surface area (Å²) in [6.45, 7) is 9.39. The predicted molar refractivity (Wildman–Crippen MR) is 201 cm³/mol.